The van der Waals surface area contributed by atoms with Gasteiger partial charge in [0.2, 0.25) is 0 Å². The molecule has 2 heteroatoms. The summed E-state index contributed by atoms with van der Waals surface area (Å²) in [5, 5.41) is 0. The predicted octanol–water partition coefficient (Wildman–Crippen LogP) is 7.72. The lowest BCUT2D eigenvalue weighted by Crippen LogP contribution is -1.83. The molecule has 0 unspecified atom stereocenters. The Morgan fingerprint density at radius 1 is 0.591 bits per heavy atom. The third kappa shape index (κ3) is 19.6. The highest BCUT2D eigenvalue weighted by molar-refractivity contribution is 6.17. The number of unbranched alkanes of at least 4 members (excludes halogenated alkanes) is 13. The van der Waals surface area contributed by atoms with Gasteiger partial charge in [-0.3, -0.25) is 0 Å². The van der Waals surface area contributed by atoms with Crippen molar-refractivity contribution in [2.45, 2.75) is 96.8 Å². The molecular formula is C20H38ClN. The van der Waals surface area contributed by atoms with Crippen LogP contribution in [0.4, 0.5) is 0 Å². The molecule has 0 atom stereocenters. The van der Waals surface area contributed by atoms with Crippen molar-refractivity contribution in [1.82, 2.24) is 4.98 Å². The maximum absolute atomic E-state index is 5.64. The molecule has 1 nitrogen and oxygen atoms in total. The van der Waals surface area contributed by atoms with Gasteiger partial charge in [-0.2, -0.15) is 0 Å². The van der Waals surface area contributed by atoms with Crippen molar-refractivity contribution >= 4 is 11.6 Å². The topological polar surface area (TPSA) is 15.8 Å². The summed E-state index contributed by atoms with van der Waals surface area (Å²) in [6, 6.07) is 3.89. The first-order valence-electron chi connectivity index (χ1n) is 9.55. The highest BCUT2D eigenvalue weighted by Gasteiger charge is 1.93. The van der Waals surface area contributed by atoms with Gasteiger partial charge in [0.1, 0.15) is 0 Å². The first kappa shape index (κ1) is 21.6. The van der Waals surface area contributed by atoms with E-state index in [1.807, 2.05) is 24.5 Å². The van der Waals surface area contributed by atoms with E-state index in [9.17, 15) is 0 Å². The van der Waals surface area contributed by atoms with Gasteiger partial charge in [0.25, 0.3) is 0 Å². The van der Waals surface area contributed by atoms with Gasteiger partial charge in [-0.25, -0.2) is 0 Å². The summed E-state index contributed by atoms with van der Waals surface area (Å²) in [5.74, 6) is 0.845. The summed E-state index contributed by atoms with van der Waals surface area (Å²) < 4.78 is 0. The van der Waals surface area contributed by atoms with E-state index in [0.29, 0.717) is 0 Å². The molecule has 0 aliphatic heterocycles. The molecule has 1 aromatic heterocycles. The highest BCUT2D eigenvalue weighted by atomic mass is 35.5. The molecule has 1 rings (SSSR count). The number of H-pyrrole nitrogens is 1. The van der Waals surface area contributed by atoms with Gasteiger partial charge in [0.15, 0.2) is 0 Å². The van der Waals surface area contributed by atoms with E-state index in [4.69, 9.17) is 11.6 Å². The SMILES string of the molecule is CCCCCCCCCCCCCCCCCl.c1cc[nH]c1. The van der Waals surface area contributed by atoms with Gasteiger partial charge in [-0.15, -0.1) is 11.6 Å². The fraction of sp³-hybridized carbons (Fsp3) is 0.800. The predicted molar refractivity (Wildman–Crippen MR) is 102 cm³/mol. The minimum absolute atomic E-state index is 0.845. The van der Waals surface area contributed by atoms with Crippen molar-refractivity contribution < 1.29 is 0 Å². The smallest absolute Gasteiger partial charge is 0.0223 e. The lowest BCUT2D eigenvalue weighted by Gasteiger charge is -2.02. The molecule has 0 saturated heterocycles. The van der Waals surface area contributed by atoms with Crippen LogP contribution in [0.2, 0.25) is 0 Å². The lowest BCUT2D eigenvalue weighted by molar-refractivity contribution is 0.538. The largest absolute Gasteiger partial charge is 0.368 e. The third-order valence-corrected chi connectivity index (χ3v) is 4.25. The number of aromatic amines is 1. The van der Waals surface area contributed by atoms with Crippen molar-refractivity contribution in [3.63, 3.8) is 0 Å². The van der Waals surface area contributed by atoms with Crippen LogP contribution in [0.15, 0.2) is 24.5 Å². The molecule has 1 heterocycles. The molecule has 0 bridgehead atoms. The molecular weight excluding hydrogens is 290 g/mol. The maximum atomic E-state index is 5.64. The Balaban J connectivity index is 0.000000734. The molecule has 0 amide bonds. The Labute approximate surface area is 144 Å². The van der Waals surface area contributed by atoms with Crippen LogP contribution in [0.3, 0.4) is 0 Å². The van der Waals surface area contributed by atoms with Gasteiger partial charge in [-0.1, -0.05) is 90.4 Å². The summed E-state index contributed by atoms with van der Waals surface area (Å²) in [7, 11) is 0. The summed E-state index contributed by atoms with van der Waals surface area (Å²) in [6.45, 7) is 2.28. The van der Waals surface area contributed by atoms with Crippen LogP contribution in [-0.2, 0) is 0 Å². The molecule has 1 aromatic rings. The number of hydrogen-bond donors (Lipinski definition) is 1. The molecule has 0 fully saturated rings. The van der Waals surface area contributed by atoms with Crippen LogP contribution in [0.5, 0.6) is 0 Å². The van der Waals surface area contributed by atoms with Crippen molar-refractivity contribution in [2.75, 3.05) is 5.88 Å². The van der Waals surface area contributed by atoms with Crippen molar-refractivity contribution in [2.24, 2.45) is 0 Å². The average molecular weight is 328 g/mol. The number of hydrogen-bond acceptors (Lipinski definition) is 0. The number of aromatic nitrogens is 1. The molecule has 0 aromatic carbocycles. The van der Waals surface area contributed by atoms with Gasteiger partial charge < -0.3 is 4.98 Å². The second-order valence-corrected chi connectivity index (χ2v) is 6.55. The second kappa shape index (κ2) is 20.6. The van der Waals surface area contributed by atoms with E-state index in [1.54, 1.807) is 0 Å². The molecule has 0 radical (unpaired) electrons. The molecule has 22 heavy (non-hydrogen) atoms. The summed E-state index contributed by atoms with van der Waals surface area (Å²) in [6.07, 6.45) is 23.6. The van der Waals surface area contributed by atoms with Crippen LogP contribution < -0.4 is 0 Å². The van der Waals surface area contributed by atoms with E-state index in [1.165, 1.54) is 89.9 Å². The Bertz CT molecular complexity index is 227. The van der Waals surface area contributed by atoms with Crippen molar-refractivity contribution in [3.05, 3.63) is 24.5 Å². The van der Waals surface area contributed by atoms with Gasteiger partial charge in [-0.05, 0) is 18.6 Å². The zero-order valence-electron chi connectivity index (χ0n) is 14.8. The quantitative estimate of drug-likeness (QED) is 0.266. The number of nitrogens with one attached hydrogen (secondary N) is 1. The number of alkyl halides is 1. The number of rotatable bonds is 14. The van der Waals surface area contributed by atoms with Gasteiger partial charge in [0.05, 0.1) is 0 Å². The summed E-state index contributed by atoms with van der Waals surface area (Å²) >= 11 is 5.64. The fourth-order valence-corrected chi connectivity index (χ4v) is 2.76. The zero-order valence-corrected chi connectivity index (χ0v) is 15.5. The monoisotopic (exact) mass is 327 g/mol. The lowest BCUT2D eigenvalue weighted by atomic mass is 10.0. The van der Waals surface area contributed by atoms with Gasteiger partial charge >= 0.3 is 0 Å². The third-order valence-electron chi connectivity index (χ3n) is 3.98. The van der Waals surface area contributed by atoms with E-state index in [-0.39, 0.29) is 0 Å². The second-order valence-electron chi connectivity index (χ2n) is 6.17. The Kier molecular flexibility index (Phi) is 20.2. The normalized spacial score (nSPS) is 10.3. The minimum Gasteiger partial charge on any atom is -0.368 e. The summed E-state index contributed by atoms with van der Waals surface area (Å²) in [4.78, 5) is 2.86. The molecule has 130 valence electrons. The van der Waals surface area contributed by atoms with Crippen LogP contribution in [0.1, 0.15) is 96.8 Å². The van der Waals surface area contributed by atoms with Crippen LogP contribution in [0, 0.1) is 0 Å². The van der Waals surface area contributed by atoms with Crippen LogP contribution >= 0.6 is 11.6 Å². The van der Waals surface area contributed by atoms with E-state index in [0.717, 1.165) is 5.88 Å². The van der Waals surface area contributed by atoms with E-state index >= 15 is 0 Å². The Morgan fingerprint density at radius 3 is 1.23 bits per heavy atom. The molecule has 1 N–H and O–H groups in total. The van der Waals surface area contributed by atoms with E-state index in [2.05, 4.69) is 11.9 Å². The average Bonchev–Trinajstić information content (AvgIpc) is 3.12. The standard InChI is InChI=1S/C16H33Cl.C4H5N/c1-2-3-4-5-6-7-8-9-10-11-12-13-14-15-16-17;1-2-4-5-3-1/h2-16H2,1H3;1-5H. The van der Waals surface area contributed by atoms with E-state index < -0.39 is 0 Å². The first-order valence-corrected chi connectivity index (χ1v) is 10.1. The minimum atomic E-state index is 0.845. The molecule has 0 aliphatic rings. The highest BCUT2D eigenvalue weighted by Crippen LogP contribution is 2.12. The van der Waals surface area contributed by atoms with Crippen LogP contribution in [0.25, 0.3) is 0 Å². The van der Waals surface area contributed by atoms with Crippen molar-refractivity contribution in [1.29, 1.82) is 0 Å². The molecule has 0 aliphatic carbocycles. The zero-order chi connectivity index (χ0) is 16.1. The number of halogens is 1. The van der Waals surface area contributed by atoms with Crippen molar-refractivity contribution in [3.8, 4) is 0 Å². The summed E-state index contributed by atoms with van der Waals surface area (Å²) in [5.41, 5.74) is 0. The fourth-order valence-electron chi connectivity index (χ4n) is 2.57. The first-order chi connectivity index (χ1) is 10.9. The Hall–Kier alpha value is -0.430. The van der Waals surface area contributed by atoms with Gasteiger partial charge in [0, 0.05) is 18.3 Å². The maximum Gasteiger partial charge on any atom is 0.0223 e. The molecule has 0 saturated carbocycles. The Morgan fingerprint density at radius 2 is 0.955 bits per heavy atom. The molecule has 0 spiro atoms. The van der Waals surface area contributed by atoms with Crippen LogP contribution in [-0.4, -0.2) is 10.9 Å².